The molecule has 3 nitrogen and oxygen atoms in total. The van der Waals surface area contributed by atoms with Crippen molar-refractivity contribution in [3.63, 3.8) is 0 Å². The Balaban J connectivity index is 1.32. The monoisotopic (exact) mass is 520 g/mol. The molecule has 9 unspecified atom stereocenters. The Kier molecular flexibility index (Phi) is 8.17. The van der Waals surface area contributed by atoms with Crippen molar-refractivity contribution in [2.75, 3.05) is 7.11 Å². The maximum Gasteiger partial charge on any atom is 0.338 e. The molecular formula is C35H52O3. The SMILES string of the molecule is COC1C=C2CC(OC(=O)c3ccccc3)CCC2(C)C2CCC3(C)C(C(C)CCCC(C)C)CCC3C12. The molecule has 4 aliphatic rings. The quantitative estimate of drug-likeness (QED) is 0.254. The number of hydrogen-bond donors (Lipinski definition) is 0. The van der Waals surface area contributed by atoms with E-state index in [1.54, 1.807) is 0 Å². The van der Waals surface area contributed by atoms with Crippen molar-refractivity contribution in [1.29, 1.82) is 0 Å². The van der Waals surface area contributed by atoms with Crippen molar-refractivity contribution >= 4 is 5.97 Å². The number of methoxy groups -OCH3 is 1. The summed E-state index contributed by atoms with van der Waals surface area (Å²) in [4.78, 5) is 12.8. The highest BCUT2D eigenvalue weighted by Gasteiger charge is 2.61. The number of carbonyl (C=O) groups excluding carboxylic acids is 1. The van der Waals surface area contributed by atoms with Crippen molar-refractivity contribution in [3.05, 3.63) is 47.5 Å². The molecule has 0 bridgehead atoms. The van der Waals surface area contributed by atoms with Gasteiger partial charge in [-0.25, -0.2) is 4.79 Å². The van der Waals surface area contributed by atoms with Crippen LogP contribution >= 0.6 is 0 Å². The summed E-state index contributed by atoms with van der Waals surface area (Å²) < 4.78 is 12.3. The largest absolute Gasteiger partial charge is 0.458 e. The van der Waals surface area contributed by atoms with Gasteiger partial charge in [0.15, 0.2) is 0 Å². The molecule has 1 aromatic rings. The lowest BCUT2D eigenvalue weighted by molar-refractivity contribution is -0.106. The van der Waals surface area contributed by atoms with Crippen LogP contribution < -0.4 is 0 Å². The van der Waals surface area contributed by atoms with Gasteiger partial charge < -0.3 is 9.47 Å². The molecule has 0 aromatic heterocycles. The molecule has 210 valence electrons. The Morgan fingerprint density at radius 3 is 2.45 bits per heavy atom. The average molecular weight is 521 g/mol. The van der Waals surface area contributed by atoms with Crippen LogP contribution in [0.25, 0.3) is 0 Å². The minimum Gasteiger partial charge on any atom is -0.458 e. The van der Waals surface area contributed by atoms with Crippen molar-refractivity contribution in [1.82, 2.24) is 0 Å². The highest BCUT2D eigenvalue weighted by Crippen LogP contribution is 2.67. The molecule has 0 amide bonds. The summed E-state index contributed by atoms with van der Waals surface area (Å²) in [5, 5.41) is 0. The molecule has 3 saturated carbocycles. The van der Waals surface area contributed by atoms with Crippen molar-refractivity contribution in [2.24, 2.45) is 46.3 Å². The number of esters is 1. The molecule has 1 aromatic carbocycles. The third kappa shape index (κ3) is 5.02. The first-order chi connectivity index (χ1) is 18.2. The van der Waals surface area contributed by atoms with Crippen LogP contribution in [0, 0.1) is 46.3 Å². The summed E-state index contributed by atoms with van der Waals surface area (Å²) in [6.45, 7) is 12.4. The minimum atomic E-state index is -0.190. The zero-order valence-electron chi connectivity index (χ0n) is 24.9. The Morgan fingerprint density at radius 2 is 1.74 bits per heavy atom. The van der Waals surface area contributed by atoms with Crippen LogP contribution in [0.3, 0.4) is 0 Å². The van der Waals surface area contributed by atoms with Crippen molar-refractivity contribution in [2.45, 2.75) is 111 Å². The van der Waals surface area contributed by atoms with E-state index in [2.05, 4.69) is 40.7 Å². The van der Waals surface area contributed by atoms with E-state index in [4.69, 9.17) is 9.47 Å². The highest BCUT2D eigenvalue weighted by atomic mass is 16.5. The predicted octanol–water partition coefficient (Wildman–Crippen LogP) is 8.88. The van der Waals surface area contributed by atoms with Crippen LogP contribution in [0.15, 0.2) is 42.0 Å². The Labute approximate surface area is 232 Å². The highest BCUT2D eigenvalue weighted by molar-refractivity contribution is 5.89. The zero-order valence-corrected chi connectivity index (χ0v) is 24.9. The van der Waals surface area contributed by atoms with Gasteiger partial charge in [0.2, 0.25) is 0 Å². The molecule has 0 spiro atoms. The van der Waals surface area contributed by atoms with Gasteiger partial charge in [-0.1, -0.05) is 83.7 Å². The van der Waals surface area contributed by atoms with E-state index in [9.17, 15) is 4.79 Å². The molecule has 0 saturated heterocycles. The van der Waals surface area contributed by atoms with Gasteiger partial charge in [0, 0.05) is 13.5 Å². The summed E-state index contributed by atoms with van der Waals surface area (Å²) in [6.07, 6.45) is 15.1. The van der Waals surface area contributed by atoms with Crippen molar-refractivity contribution in [3.8, 4) is 0 Å². The Hall–Kier alpha value is -1.61. The molecule has 0 N–H and O–H groups in total. The smallest absolute Gasteiger partial charge is 0.338 e. The third-order valence-electron chi connectivity index (χ3n) is 11.8. The standard InChI is InChI=1S/C35H52O3/c1-23(2)11-10-12-24(3)28-15-16-29-32-30(18-20-35(28,29)5)34(4)19-17-27(21-26(34)22-31(32)37-6)38-33(36)25-13-8-7-9-14-25/h7-9,13-14,22-24,27-32H,10-12,15-21H2,1-6H3. The van der Waals surface area contributed by atoms with Gasteiger partial charge in [-0.05, 0) is 97.0 Å². The second-order valence-electron chi connectivity index (χ2n) is 14.3. The Morgan fingerprint density at radius 1 is 0.974 bits per heavy atom. The van der Waals surface area contributed by atoms with Gasteiger partial charge in [0.25, 0.3) is 0 Å². The lowest BCUT2D eigenvalue weighted by Crippen LogP contribution is -2.55. The predicted molar refractivity (Wildman–Crippen MR) is 155 cm³/mol. The summed E-state index contributed by atoms with van der Waals surface area (Å²) in [5.41, 5.74) is 2.79. The number of rotatable bonds is 8. The van der Waals surface area contributed by atoms with Crippen molar-refractivity contribution < 1.29 is 14.3 Å². The van der Waals surface area contributed by atoms with E-state index in [0.717, 1.165) is 42.9 Å². The summed E-state index contributed by atoms with van der Waals surface area (Å²) >= 11 is 0. The van der Waals surface area contributed by atoms with Gasteiger partial charge in [-0.2, -0.15) is 0 Å². The Bertz CT molecular complexity index is 998. The maximum absolute atomic E-state index is 12.8. The maximum atomic E-state index is 12.8. The first kappa shape index (κ1) is 27.9. The lowest BCUT2D eigenvalue weighted by atomic mass is 9.46. The van der Waals surface area contributed by atoms with Crippen LogP contribution in [0.4, 0.5) is 0 Å². The number of fused-ring (bicyclic) bond motifs is 5. The molecule has 0 radical (unpaired) electrons. The molecule has 0 heterocycles. The van der Waals surface area contributed by atoms with Crippen LogP contribution in [0.1, 0.15) is 109 Å². The lowest BCUT2D eigenvalue weighted by Gasteiger charge is -2.60. The van der Waals surface area contributed by atoms with E-state index in [1.807, 2.05) is 37.4 Å². The van der Waals surface area contributed by atoms with E-state index in [-0.39, 0.29) is 23.6 Å². The van der Waals surface area contributed by atoms with E-state index in [0.29, 0.717) is 22.8 Å². The van der Waals surface area contributed by atoms with Gasteiger partial charge in [-0.15, -0.1) is 0 Å². The van der Waals surface area contributed by atoms with Crippen LogP contribution in [-0.2, 0) is 9.47 Å². The van der Waals surface area contributed by atoms with E-state index >= 15 is 0 Å². The van der Waals surface area contributed by atoms with Crippen LogP contribution in [0.5, 0.6) is 0 Å². The normalized spacial score (nSPS) is 39.1. The molecule has 3 fully saturated rings. The van der Waals surface area contributed by atoms with Gasteiger partial charge in [-0.3, -0.25) is 0 Å². The molecule has 4 aliphatic carbocycles. The third-order valence-corrected chi connectivity index (χ3v) is 11.8. The molecule has 3 heteroatoms. The first-order valence-corrected chi connectivity index (χ1v) is 15.7. The second kappa shape index (κ2) is 11.1. The van der Waals surface area contributed by atoms with Gasteiger partial charge in [0.05, 0.1) is 11.7 Å². The zero-order chi connectivity index (χ0) is 27.1. The fraction of sp³-hybridized carbons (Fsp3) is 0.743. The number of ether oxygens (including phenoxy) is 2. The summed E-state index contributed by atoms with van der Waals surface area (Å²) in [6, 6.07) is 9.43. The first-order valence-electron chi connectivity index (χ1n) is 15.7. The molecule has 0 aliphatic heterocycles. The fourth-order valence-corrected chi connectivity index (χ4v) is 9.73. The molecule has 5 rings (SSSR count). The number of hydrogen-bond acceptors (Lipinski definition) is 3. The van der Waals surface area contributed by atoms with E-state index < -0.39 is 0 Å². The fourth-order valence-electron chi connectivity index (χ4n) is 9.73. The summed E-state index contributed by atoms with van der Waals surface area (Å²) in [7, 11) is 1.92. The average Bonchev–Trinajstić information content (AvgIpc) is 3.26. The summed E-state index contributed by atoms with van der Waals surface area (Å²) in [5.74, 6) is 4.34. The van der Waals surface area contributed by atoms with Gasteiger partial charge >= 0.3 is 5.97 Å². The topological polar surface area (TPSA) is 35.5 Å². The number of carbonyl (C=O) groups is 1. The van der Waals surface area contributed by atoms with E-state index in [1.165, 1.54) is 50.5 Å². The molecular weight excluding hydrogens is 468 g/mol. The van der Waals surface area contributed by atoms with Gasteiger partial charge in [0.1, 0.15) is 6.10 Å². The minimum absolute atomic E-state index is 0.0347. The molecule has 9 atom stereocenters. The van der Waals surface area contributed by atoms with Crippen LogP contribution in [0.2, 0.25) is 0 Å². The molecule has 38 heavy (non-hydrogen) atoms. The number of benzene rings is 1. The second-order valence-corrected chi connectivity index (χ2v) is 14.3. The van der Waals surface area contributed by atoms with Crippen LogP contribution in [-0.4, -0.2) is 25.3 Å².